The smallest absolute Gasteiger partial charge is 0.0916 e. The number of nitrogens with two attached hydrogens (primary N) is 1. The summed E-state index contributed by atoms with van der Waals surface area (Å²) in [4.78, 5) is 2.30. The maximum absolute atomic E-state index is 10.3. The minimum absolute atomic E-state index is 0.386. The van der Waals surface area contributed by atoms with Gasteiger partial charge in [0.05, 0.1) is 12.2 Å². The second-order valence-electron chi connectivity index (χ2n) is 5.20. The standard InChI is InChI=1S/C15H24N2O2/c1-19-14-6-8-17(9-7-14)11-15(18)13-4-2-12(10-16)3-5-13/h2-5,14-15,18H,6-11,16H2,1H3. The first-order valence-corrected chi connectivity index (χ1v) is 6.95. The lowest BCUT2D eigenvalue weighted by Gasteiger charge is -2.32. The third kappa shape index (κ3) is 4.01. The van der Waals surface area contributed by atoms with Gasteiger partial charge in [0.15, 0.2) is 0 Å². The zero-order valence-corrected chi connectivity index (χ0v) is 11.6. The van der Waals surface area contributed by atoms with E-state index >= 15 is 0 Å². The third-order valence-electron chi connectivity index (χ3n) is 3.90. The molecule has 1 unspecified atom stereocenters. The van der Waals surface area contributed by atoms with E-state index in [4.69, 9.17) is 10.5 Å². The van der Waals surface area contributed by atoms with Gasteiger partial charge in [-0.2, -0.15) is 0 Å². The Hall–Kier alpha value is -0.940. The van der Waals surface area contributed by atoms with Gasteiger partial charge in [-0.3, -0.25) is 0 Å². The molecule has 4 heteroatoms. The summed E-state index contributed by atoms with van der Waals surface area (Å²) in [5.74, 6) is 0. The van der Waals surface area contributed by atoms with Crippen LogP contribution in [0, 0.1) is 0 Å². The number of aliphatic hydroxyl groups excluding tert-OH is 1. The van der Waals surface area contributed by atoms with Crippen LogP contribution in [0.4, 0.5) is 0 Å². The number of piperidine rings is 1. The monoisotopic (exact) mass is 264 g/mol. The number of β-amino-alcohol motifs (C(OH)–C–C–N with tert-alkyl or cyclic N) is 1. The molecule has 106 valence electrons. The number of methoxy groups -OCH3 is 1. The molecule has 1 atom stereocenters. The zero-order chi connectivity index (χ0) is 13.7. The fourth-order valence-corrected chi connectivity index (χ4v) is 2.55. The Labute approximate surface area is 115 Å². The molecule has 0 radical (unpaired) electrons. The predicted molar refractivity (Wildman–Crippen MR) is 75.8 cm³/mol. The van der Waals surface area contributed by atoms with Crippen molar-refractivity contribution in [1.82, 2.24) is 4.90 Å². The lowest BCUT2D eigenvalue weighted by atomic mass is 10.0. The van der Waals surface area contributed by atoms with Crippen LogP contribution in [0.2, 0.25) is 0 Å². The summed E-state index contributed by atoms with van der Waals surface area (Å²) < 4.78 is 5.35. The van der Waals surface area contributed by atoms with E-state index < -0.39 is 6.10 Å². The summed E-state index contributed by atoms with van der Waals surface area (Å²) in [6, 6.07) is 7.90. The number of likely N-dealkylation sites (tertiary alicyclic amines) is 1. The van der Waals surface area contributed by atoms with E-state index in [1.807, 2.05) is 24.3 Å². The van der Waals surface area contributed by atoms with Crippen molar-refractivity contribution in [2.75, 3.05) is 26.7 Å². The zero-order valence-electron chi connectivity index (χ0n) is 11.6. The first kappa shape index (κ1) is 14.5. The van der Waals surface area contributed by atoms with Crippen LogP contribution in [0.25, 0.3) is 0 Å². The van der Waals surface area contributed by atoms with Crippen LogP contribution in [0.15, 0.2) is 24.3 Å². The lowest BCUT2D eigenvalue weighted by Crippen LogP contribution is -2.38. The highest BCUT2D eigenvalue weighted by molar-refractivity contribution is 5.24. The Bertz CT molecular complexity index is 372. The lowest BCUT2D eigenvalue weighted by molar-refractivity contribution is 0.0242. The fourth-order valence-electron chi connectivity index (χ4n) is 2.55. The minimum Gasteiger partial charge on any atom is -0.387 e. The molecule has 1 fully saturated rings. The molecule has 1 aliphatic rings. The normalized spacial score (nSPS) is 19.5. The second-order valence-corrected chi connectivity index (χ2v) is 5.20. The maximum Gasteiger partial charge on any atom is 0.0916 e. The molecule has 19 heavy (non-hydrogen) atoms. The number of benzene rings is 1. The number of ether oxygens (including phenoxy) is 1. The largest absolute Gasteiger partial charge is 0.387 e. The Balaban J connectivity index is 1.85. The summed E-state index contributed by atoms with van der Waals surface area (Å²) in [5, 5.41) is 10.3. The quantitative estimate of drug-likeness (QED) is 0.841. The number of nitrogens with zero attached hydrogens (tertiary/aromatic N) is 1. The molecule has 2 rings (SSSR count). The van der Waals surface area contributed by atoms with Crippen LogP contribution in [0.1, 0.15) is 30.1 Å². The Morgan fingerprint density at radius 1 is 1.32 bits per heavy atom. The molecule has 1 aromatic rings. The van der Waals surface area contributed by atoms with Crippen molar-refractivity contribution in [2.45, 2.75) is 31.6 Å². The van der Waals surface area contributed by atoms with Gasteiger partial charge in [-0.25, -0.2) is 0 Å². The fraction of sp³-hybridized carbons (Fsp3) is 0.600. The molecule has 1 saturated heterocycles. The van der Waals surface area contributed by atoms with Gasteiger partial charge in [0, 0.05) is 33.3 Å². The first-order valence-electron chi connectivity index (χ1n) is 6.95. The molecule has 1 aromatic carbocycles. The van der Waals surface area contributed by atoms with Gasteiger partial charge >= 0.3 is 0 Å². The van der Waals surface area contributed by atoms with Gasteiger partial charge < -0.3 is 20.5 Å². The van der Waals surface area contributed by atoms with E-state index in [9.17, 15) is 5.11 Å². The van der Waals surface area contributed by atoms with Crippen molar-refractivity contribution in [3.8, 4) is 0 Å². The van der Waals surface area contributed by atoms with Gasteiger partial charge in [-0.15, -0.1) is 0 Å². The average Bonchev–Trinajstić information content (AvgIpc) is 2.48. The molecule has 3 N–H and O–H groups in total. The van der Waals surface area contributed by atoms with Gasteiger partial charge in [-0.1, -0.05) is 24.3 Å². The van der Waals surface area contributed by atoms with Crippen LogP contribution in [0.5, 0.6) is 0 Å². The molecule has 1 aliphatic heterocycles. The molecular formula is C15H24N2O2. The van der Waals surface area contributed by atoms with Crippen molar-refractivity contribution >= 4 is 0 Å². The Kier molecular flexibility index (Phi) is 5.34. The number of hydrogen-bond acceptors (Lipinski definition) is 4. The molecule has 0 bridgehead atoms. The second kappa shape index (κ2) is 7.01. The van der Waals surface area contributed by atoms with Crippen LogP contribution >= 0.6 is 0 Å². The van der Waals surface area contributed by atoms with Crippen LogP contribution in [0.3, 0.4) is 0 Å². The van der Waals surface area contributed by atoms with Crippen molar-refractivity contribution in [2.24, 2.45) is 5.73 Å². The van der Waals surface area contributed by atoms with Gasteiger partial charge in [0.25, 0.3) is 0 Å². The van der Waals surface area contributed by atoms with E-state index in [2.05, 4.69) is 4.90 Å². The molecular weight excluding hydrogens is 240 g/mol. The average molecular weight is 264 g/mol. The number of hydrogen-bond donors (Lipinski definition) is 2. The van der Waals surface area contributed by atoms with Crippen molar-refractivity contribution in [3.63, 3.8) is 0 Å². The Morgan fingerprint density at radius 2 is 1.95 bits per heavy atom. The molecule has 4 nitrogen and oxygen atoms in total. The van der Waals surface area contributed by atoms with Crippen molar-refractivity contribution < 1.29 is 9.84 Å². The summed E-state index contributed by atoms with van der Waals surface area (Å²) in [6.07, 6.45) is 2.06. The highest BCUT2D eigenvalue weighted by atomic mass is 16.5. The van der Waals surface area contributed by atoms with E-state index in [0.717, 1.165) is 37.1 Å². The van der Waals surface area contributed by atoms with E-state index in [0.29, 0.717) is 19.2 Å². The molecule has 0 spiro atoms. The molecule has 0 saturated carbocycles. The first-order chi connectivity index (χ1) is 9.22. The third-order valence-corrected chi connectivity index (χ3v) is 3.90. The highest BCUT2D eigenvalue weighted by Gasteiger charge is 2.21. The molecule has 1 heterocycles. The van der Waals surface area contributed by atoms with Crippen molar-refractivity contribution in [3.05, 3.63) is 35.4 Å². The van der Waals surface area contributed by atoms with Crippen LogP contribution in [-0.2, 0) is 11.3 Å². The summed E-state index contributed by atoms with van der Waals surface area (Å²) in [7, 11) is 1.77. The maximum atomic E-state index is 10.3. The van der Waals surface area contributed by atoms with E-state index in [1.54, 1.807) is 7.11 Å². The SMILES string of the molecule is COC1CCN(CC(O)c2ccc(CN)cc2)CC1. The summed E-state index contributed by atoms with van der Waals surface area (Å²) in [6.45, 7) is 3.23. The minimum atomic E-state index is -0.425. The van der Waals surface area contributed by atoms with Crippen molar-refractivity contribution in [1.29, 1.82) is 0 Å². The molecule has 0 aromatic heterocycles. The predicted octanol–water partition coefficient (Wildman–Crippen LogP) is 1.29. The van der Waals surface area contributed by atoms with E-state index in [1.165, 1.54) is 0 Å². The summed E-state index contributed by atoms with van der Waals surface area (Å²) >= 11 is 0. The highest BCUT2D eigenvalue weighted by Crippen LogP contribution is 2.19. The number of aliphatic hydroxyl groups is 1. The van der Waals surface area contributed by atoms with Crippen LogP contribution in [-0.4, -0.2) is 42.9 Å². The van der Waals surface area contributed by atoms with Gasteiger partial charge in [0.2, 0.25) is 0 Å². The Morgan fingerprint density at radius 3 is 2.47 bits per heavy atom. The van der Waals surface area contributed by atoms with Crippen LogP contribution < -0.4 is 5.73 Å². The van der Waals surface area contributed by atoms with E-state index in [-0.39, 0.29) is 0 Å². The molecule has 0 aliphatic carbocycles. The van der Waals surface area contributed by atoms with Gasteiger partial charge in [-0.05, 0) is 24.0 Å². The summed E-state index contributed by atoms with van der Waals surface area (Å²) in [5.41, 5.74) is 7.63. The number of rotatable bonds is 5. The van der Waals surface area contributed by atoms with Gasteiger partial charge in [0.1, 0.15) is 0 Å². The molecule has 0 amide bonds. The topological polar surface area (TPSA) is 58.7 Å².